The van der Waals surface area contributed by atoms with Crippen molar-refractivity contribution in [2.75, 3.05) is 13.2 Å². The standard InChI is InChI=1S/C14H20O5/c1-5-17-14(18-6-2)13(16)8-12(15)11-7-9(3)19-10(11)4/h7,14H,5-6,8H2,1-4H3. The number of hydrogen-bond donors (Lipinski definition) is 0. The van der Waals surface area contributed by atoms with Crippen LogP contribution in [0.25, 0.3) is 0 Å². The number of carbonyl (C=O) groups is 2. The van der Waals surface area contributed by atoms with E-state index in [1.807, 2.05) is 0 Å². The van der Waals surface area contributed by atoms with Crippen molar-refractivity contribution in [2.24, 2.45) is 0 Å². The van der Waals surface area contributed by atoms with Gasteiger partial charge in [0.1, 0.15) is 11.5 Å². The van der Waals surface area contributed by atoms with Crippen molar-refractivity contribution >= 4 is 11.6 Å². The van der Waals surface area contributed by atoms with Crippen molar-refractivity contribution in [1.29, 1.82) is 0 Å². The minimum Gasteiger partial charge on any atom is -0.466 e. The topological polar surface area (TPSA) is 65.7 Å². The average Bonchev–Trinajstić information content (AvgIpc) is 2.68. The fraction of sp³-hybridized carbons (Fsp3) is 0.571. The number of ketones is 2. The summed E-state index contributed by atoms with van der Waals surface area (Å²) < 4.78 is 15.6. The van der Waals surface area contributed by atoms with Crippen molar-refractivity contribution < 1.29 is 23.5 Å². The number of ether oxygens (including phenoxy) is 2. The van der Waals surface area contributed by atoms with Crippen LogP contribution in [-0.2, 0) is 14.3 Å². The van der Waals surface area contributed by atoms with Gasteiger partial charge in [-0.2, -0.15) is 0 Å². The molecule has 0 aliphatic carbocycles. The Morgan fingerprint density at radius 3 is 2.21 bits per heavy atom. The Morgan fingerprint density at radius 2 is 1.79 bits per heavy atom. The predicted molar refractivity (Wildman–Crippen MR) is 69.2 cm³/mol. The third-order valence-electron chi connectivity index (χ3n) is 2.58. The first-order valence-electron chi connectivity index (χ1n) is 6.35. The maximum absolute atomic E-state index is 12.0. The van der Waals surface area contributed by atoms with Crippen LogP contribution in [0.15, 0.2) is 10.5 Å². The molecule has 106 valence electrons. The third-order valence-corrected chi connectivity index (χ3v) is 2.58. The van der Waals surface area contributed by atoms with Crippen molar-refractivity contribution in [3.05, 3.63) is 23.2 Å². The molecule has 0 bridgehead atoms. The number of hydrogen-bond acceptors (Lipinski definition) is 5. The van der Waals surface area contributed by atoms with E-state index in [1.54, 1.807) is 33.8 Å². The van der Waals surface area contributed by atoms with Crippen LogP contribution < -0.4 is 0 Å². The van der Waals surface area contributed by atoms with Crippen LogP contribution in [0.2, 0.25) is 0 Å². The number of aryl methyl sites for hydroxylation is 2. The van der Waals surface area contributed by atoms with Gasteiger partial charge in [-0.3, -0.25) is 9.59 Å². The second-order valence-electron chi connectivity index (χ2n) is 4.14. The first kappa shape index (κ1) is 15.6. The highest BCUT2D eigenvalue weighted by molar-refractivity contribution is 6.09. The van der Waals surface area contributed by atoms with E-state index in [0.717, 1.165) is 0 Å². The molecule has 0 saturated carbocycles. The van der Waals surface area contributed by atoms with Crippen LogP contribution in [-0.4, -0.2) is 31.1 Å². The number of carbonyl (C=O) groups excluding carboxylic acids is 2. The molecule has 0 saturated heterocycles. The van der Waals surface area contributed by atoms with E-state index in [9.17, 15) is 9.59 Å². The smallest absolute Gasteiger partial charge is 0.218 e. The summed E-state index contributed by atoms with van der Waals surface area (Å²) in [6.45, 7) is 7.71. The van der Waals surface area contributed by atoms with Gasteiger partial charge in [0, 0.05) is 13.2 Å². The van der Waals surface area contributed by atoms with E-state index in [-0.39, 0.29) is 18.0 Å². The molecule has 0 fully saturated rings. The van der Waals surface area contributed by atoms with Crippen molar-refractivity contribution in [3.8, 4) is 0 Å². The van der Waals surface area contributed by atoms with Gasteiger partial charge in [0.05, 0.1) is 12.0 Å². The van der Waals surface area contributed by atoms with Crippen LogP contribution in [0.3, 0.4) is 0 Å². The minimum absolute atomic E-state index is 0.246. The van der Waals surface area contributed by atoms with Gasteiger partial charge in [-0.25, -0.2) is 0 Å². The van der Waals surface area contributed by atoms with Gasteiger partial charge >= 0.3 is 0 Å². The van der Waals surface area contributed by atoms with E-state index >= 15 is 0 Å². The van der Waals surface area contributed by atoms with E-state index in [4.69, 9.17) is 13.9 Å². The molecule has 1 aromatic rings. The summed E-state index contributed by atoms with van der Waals surface area (Å²) in [4.78, 5) is 23.9. The molecule has 0 aliphatic rings. The van der Waals surface area contributed by atoms with Crippen molar-refractivity contribution in [1.82, 2.24) is 0 Å². The lowest BCUT2D eigenvalue weighted by atomic mass is 10.1. The molecule has 0 spiro atoms. The van der Waals surface area contributed by atoms with Crippen LogP contribution in [0, 0.1) is 13.8 Å². The maximum atomic E-state index is 12.0. The Morgan fingerprint density at radius 1 is 1.21 bits per heavy atom. The molecule has 0 amide bonds. The van der Waals surface area contributed by atoms with E-state index in [2.05, 4.69) is 0 Å². The maximum Gasteiger partial charge on any atom is 0.218 e. The fourth-order valence-corrected chi connectivity index (χ4v) is 1.78. The highest BCUT2D eigenvalue weighted by atomic mass is 16.7. The van der Waals surface area contributed by atoms with Crippen molar-refractivity contribution in [3.63, 3.8) is 0 Å². The molecule has 1 rings (SSSR count). The number of Topliss-reactive ketones (excluding diaryl/α,β-unsaturated/α-hetero) is 2. The van der Waals surface area contributed by atoms with Gasteiger partial charge in [-0.05, 0) is 33.8 Å². The summed E-state index contributed by atoms with van der Waals surface area (Å²) in [5, 5.41) is 0. The number of rotatable bonds is 8. The Hall–Kier alpha value is -1.46. The summed E-state index contributed by atoms with van der Waals surface area (Å²) in [5.41, 5.74) is 0.442. The molecular formula is C14H20O5. The van der Waals surface area contributed by atoms with Gasteiger partial charge in [0.25, 0.3) is 0 Å². The van der Waals surface area contributed by atoms with Gasteiger partial charge in [-0.1, -0.05) is 0 Å². The Balaban J connectivity index is 2.69. The van der Waals surface area contributed by atoms with Crippen LogP contribution in [0.4, 0.5) is 0 Å². The molecule has 0 aliphatic heterocycles. The second-order valence-corrected chi connectivity index (χ2v) is 4.14. The largest absolute Gasteiger partial charge is 0.466 e. The molecule has 0 radical (unpaired) electrons. The zero-order chi connectivity index (χ0) is 14.4. The lowest BCUT2D eigenvalue weighted by Crippen LogP contribution is -2.29. The van der Waals surface area contributed by atoms with Gasteiger partial charge < -0.3 is 13.9 Å². The Bertz CT molecular complexity index is 441. The molecule has 5 heteroatoms. The molecule has 1 heterocycles. The van der Waals surface area contributed by atoms with E-state index in [0.29, 0.717) is 30.3 Å². The molecule has 5 nitrogen and oxygen atoms in total. The monoisotopic (exact) mass is 268 g/mol. The molecule has 19 heavy (non-hydrogen) atoms. The van der Waals surface area contributed by atoms with Gasteiger partial charge in [-0.15, -0.1) is 0 Å². The summed E-state index contributed by atoms with van der Waals surface area (Å²) in [7, 11) is 0. The molecule has 0 aromatic carbocycles. The van der Waals surface area contributed by atoms with Crippen LogP contribution in [0.5, 0.6) is 0 Å². The minimum atomic E-state index is -0.966. The fourth-order valence-electron chi connectivity index (χ4n) is 1.78. The highest BCUT2D eigenvalue weighted by Crippen LogP contribution is 2.16. The van der Waals surface area contributed by atoms with E-state index in [1.165, 1.54) is 0 Å². The van der Waals surface area contributed by atoms with Crippen LogP contribution >= 0.6 is 0 Å². The number of furan rings is 1. The summed E-state index contributed by atoms with van der Waals surface area (Å²) in [6.07, 6.45) is -1.21. The first-order valence-corrected chi connectivity index (χ1v) is 6.35. The van der Waals surface area contributed by atoms with Gasteiger partial charge in [0.2, 0.25) is 6.29 Å². The lowest BCUT2D eigenvalue weighted by molar-refractivity contribution is -0.166. The Kier molecular flexibility index (Phi) is 5.92. The molecular weight excluding hydrogens is 248 g/mol. The molecule has 0 unspecified atom stereocenters. The molecule has 0 N–H and O–H groups in total. The quantitative estimate of drug-likeness (QED) is 0.411. The lowest BCUT2D eigenvalue weighted by Gasteiger charge is -2.14. The summed E-state index contributed by atoms with van der Waals surface area (Å²) in [5.74, 6) is 0.537. The zero-order valence-electron chi connectivity index (χ0n) is 11.8. The highest BCUT2D eigenvalue weighted by Gasteiger charge is 2.24. The van der Waals surface area contributed by atoms with Gasteiger partial charge in [0.15, 0.2) is 11.6 Å². The van der Waals surface area contributed by atoms with Crippen molar-refractivity contribution in [2.45, 2.75) is 40.4 Å². The summed E-state index contributed by atoms with van der Waals surface area (Å²) in [6, 6.07) is 1.64. The summed E-state index contributed by atoms with van der Waals surface area (Å²) >= 11 is 0. The second kappa shape index (κ2) is 7.21. The third kappa shape index (κ3) is 4.29. The zero-order valence-corrected chi connectivity index (χ0v) is 11.8. The van der Waals surface area contributed by atoms with Crippen LogP contribution in [0.1, 0.15) is 42.1 Å². The average molecular weight is 268 g/mol. The van der Waals surface area contributed by atoms with E-state index < -0.39 is 6.29 Å². The first-order chi connectivity index (χ1) is 8.99. The Labute approximate surface area is 112 Å². The molecule has 0 atom stereocenters. The predicted octanol–water partition coefficient (Wildman–Crippen LogP) is 2.44. The SMILES string of the molecule is CCOC(OCC)C(=O)CC(=O)c1cc(C)oc1C. The normalized spacial score (nSPS) is 11.0. The molecule has 1 aromatic heterocycles.